The van der Waals surface area contributed by atoms with Crippen LogP contribution in [0.5, 0.6) is 0 Å². The maximum Gasteiger partial charge on any atom is 0.331 e. The quantitative estimate of drug-likeness (QED) is 0.252. The summed E-state index contributed by atoms with van der Waals surface area (Å²) in [4.78, 5) is 11.5. The average Bonchev–Trinajstić information content (AvgIpc) is 2.37. The fourth-order valence-corrected chi connectivity index (χ4v) is 2.24. The third-order valence-corrected chi connectivity index (χ3v) is 3.72. The number of carbonyl (C=O) groups excluding carboxylic acids is 1. The van der Waals surface area contributed by atoms with E-state index in [1.165, 1.54) is 23.1 Å². The molecule has 0 aromatic carbocycles. The lowest BCUT2D eigenvalue weighted by atomic mass is 9.92. The van der Waals surface area contributed by atoms with Crippen LogP contribution >= 0.6 is 0 Å². The first-order valence-corrected chi connectivity index (χ1v) is 7.93. The minimum Gasteiger partial charge on any atom is -0.463 e. The summed E-state index contributed by atoms with van der Waals surface area (Å²) in [5.41, 5.74) is 4.95. The second-order valence-electron chi connectivity index (χ2n) is 6.15. The van der Waals surface area contributed by atoms with Crippen molar-refractivity contribution in [3.05, 3.63) is 34.4 Å². The van der Waals surface area contributed by atoms with Gasteiger partial charge in [0.15, 0.2) is 0 Å². The third kappa shape index (κ3) is 9.28. The lowest BCUT2D eigenvalue weighted by molar-refractivity contribution is -0.137. The van der Waals surface area contributed by atoms with Gasteiger partial charge in [-0.2, -0.15) is 0 Å². The zero-order chi connectivity index (χ0) is 16.4. The molecule has 1 unspecified atom stereocenters. The highest BCUT2D eigenvalue weighted by atomic mass is 16.5. The van der Waals surface area contributed by atoms with E-state index in [1.54, 1.807) is 6.08 Å². The van der Waals surface area contributed by atoms with Gasteiger partial charge in [0.25, 0.3) is 0 Å². The minimum atomic E-state index is -0.251. The molecule has 0 rings (SSSR count). The molecular formula is C19H32O2. The van der Waals surface area contributed by atoms with Crippen molar-refractivity contribution in [2.45, 2.75) is 67.7 Å². The smallest absolute Gasteiger partial charge is 0.331 e. The number of allylic oxidation sites excluding steroid dienone is 5. The van der Waals surface area contributed by atoms with E-state index in [0.717, 1.165) is 18.4 Å². The molecule has 2 nitrogen and oxygen atoms in total. The standard InChI is InChI=1S/C19H32O2/c1-8-21-19(20)13-17(6)18(7)16(5)12-15(4)11-9-10-14(2)3/h10,13,15H,8-9,11-12H2,1-7H3. The summed E-state index contributed by atoms with van der Waals surface area (Å²) in [5.74, 6) is 0.407. The highest BCUT2D eigenvalue weighted by Gasteiger charge is 2.07. The predicted molar refractivity (Wildman–Crippen MR) is 91.2 cm³/mol. The van der Waals surface area contributed by atoms with Gasteiger partial charge in [0.05, 0.1) is 6.61 Å². The van der Waals surface area contributed by atoms with Gasteiger partial charge in [-0.3, -0.25) is 0 Å². The van der Waals surface area contributed by atoms with Gasteiger partial charge in [-0.1, -0.05) is 24.1 Å². The van der Waals surface area contributed by atoms with Crippen LogP contribution in [-0.4, -0.2) is 12.6 Å². The normalized spacial score (nSPS) is 14.3. The molecule has 0 aliphatic carbocycles. The van der Waals surface area contributed by atoms with E-state index in [-0.39, 0.29) is 5.97 Å². The maximum atomic E-state index is 11.5. The van der Waals surface area contributed by atoms with Crippen molar-refractivity contribution in [1.82, 2.24) is 0 Å². The van der Waals surface area contributed by atoms with E-state index in [9.17, 15) is 4.79 Å². The van der Waals surface area contributed by atoms with Gasteiger partial charge in [0.1, 0.15) is 0 Å². The Labute approximate surface area is 131 Å². The van der Waals surface area contributed by atoms with Crippen LogP contribution in [0.15, 0.2) is 34.4 Å². The van der Waals surface area contributed by atoms with Crippen LogP contribution in [0.1, 0.15) is 67.7 Å². The third-order valence-electron chi connectivity index (χ3n) is 3.72. The molecule has 21 heavy (non-hydrogen) atoms. The summed E-state index contributed by atoms with van der Waals surface area (Å²) in [6.07, 6.45) is 7.32. The van der Waals surface area contributed by atoms with Crippen LogP contribution < -0.4 is 0 Å². The second kappa shape index (κ2) is 10.4. The van der Waals surface area contributed by atoms with Crippen molar-refractivity contribution >= 4 is 5.97 Å². The summed E-state index contributed by atoms with van der Waals surface area (Å²) in [7, 11) is 0. The fraction of sp³-hybridized carbons (Fsp3) is 0.632. The molecule has 0 spiro atoms. The molecule has 0 saturated heterocycles. The largest absolute Gasteiger partial charge is 0.463 e. The zero-order valence-corrected chi connectivity index (χ0v) is 14.9. The molecule has 0 aliphatic rings. The first-order valence-electron chi connectivity index (χ1n) is 7.93. The Bertz CT molecular complexity index is 421. The Morgan fingerprint density at radius 2 is 1.76 bits per heavy atom. The van der Waals surface area contributed by atoms with E-state index >= 15 is 0 Å². The first kappa shape index (κ1) is 19.7. The molecule has 0 aromatic rings. The molecule has 0 aromatic heterocycles. The van der Waals surface area contributed by atoms with Crippen LogP contribution in [0.4, 0.5) is 0 Å². The molecule has 0 N–H and O–H groups in total. The summed E-state index contributed by atoms with van der Waals surface area (Å²) in [5, 5.41) is 0. The van der Waals surface area contributed by atoms with E-state index in [1.807, 2.05) is 13.8 Å². The Morgan fingerprint density at radius 3 is 2.29 bits per heavy atom. The average molecular weight is 292 g/mol. The van der Waals surface area contributed by atoms with Crippen LogP contribution in [0.2, 0.25) is 0 Å². The zero-order valence-electron chi connectivity index (χ0n) is 14.9. The van der Waals surface area contributed by atoms with Gasteiger partial charge in [-0.05, 0) is 77.9 Å². The molecule has 0 fully saturated rings. The summed E-state index contributed by atoms with van der Waals surface area (Å²) >= 11 is 0. The van der Waals surface area contributed by atoms with Crippen molar-refractivity contribution in [2.24, 2.45) is 5.92 Å². The van der Waals surface area contributed by atoms with Crippen LogP contribution in [0.25, 0.3) is 0 Å². The molecular weight excluding hydrogens is 260 g/mol. The van der Waals surface area contributed by atoms with Crippen LogP contribution in [0, 0.1) is 5.92 Å². The van der Waals surface area contributed by atoms with Crippen LogP contribution in [0.3, 0.4) is 0 Å². The monoisotopic (exact) mass is 292 g/mol. The van der Waals surface area contributed by atoms with Gasteiger partial charge < -0.3 is 4.74 Å². The van der Waals surface area contributed by atoms with Crippen molar-refractivity contribution in [3.63, 3.8) is 0 Å². The van der Waals surface area contributed by atoms with E-state index in [4.69, 9.17) is 4.74 Å². The summed E-state index contributed by atoms with van der Waals surface area (Å²) in [6.45, 7) is 15.0. The van der Waals surface area contributed by atoms with Gasteiger partial charge in [-0.25, -0.2) is 4.79 Å². The highest BCUT2D eigenvalue weighted by molar-refractivity contribution is 5.83. The Hall–Kier alpha value is -1.31. The summed E-state index contributed by atoms with van der Waals surface area (Å²) in [6, 6.07) is 0. The van der Waals surface area contributed by atoms with Gasteiger partial charge in [0, 0.05) is 6.08 Å². The van der Waals surface area contributed by atoms with Gasteiger partial charge >= 0.3 is 5.97 Å². The molecule has 0 heterocycles. The number of esters is 1. The molecule has 0 amide bonds. The molecule has 1 atom stereocenters. The number of hydrogen-bond acceptors (Lipinski definition) is 2. The molecule has 2 heteroatoms. The van der Waals surface area contributed by atoms with E-state index in [2.05, 4.69) is 40.7 Å². The Balaban J connectivity index is 4.61. The predicted octanol–water partition coefficient (Wildman–Crippen LogP) is 5.60. The number of rotatable bonds is 8. The summed E-state index contributed by atoms with van der Waals surface area (Å²) < 4.78 is 4.95. The molecule has 0 saturated carbocycles. The fourth-order valence-electron chi connectivity index (χ4n) is 2.24. The van der Waals surface area contributed by atoms with Crippen molar-refractivity contribution < 1.29 is 9.53 Å². The Morgan fingerprint density at radius 1 is 1.14 bits per heavy atom. The number of carbonyl (C=O) groups is 1. The first-order chi connectivity index (χ1) is 9.77. The highest BCUT2D eigenvalue weighted by Crippen LogP contribution is 2.23. The Kier molecular flexibility index (Phi) is 9.77. The molecule has 0 aliphatic heterocycles. The number of hydrogen-bond donors (Lipinski definition) is 0. The van der Waals surface area contributed by atoms with Crippen molar-refractivity contribution in [2.75, 3.05) is 6.61 Å². The van der Waals surface area contributed by atoms with Gasteiger partial charge in [0.2, 0.25) is 0 Å². The minimum absolute atomic E-state index is 0.251. The van der Waals surface area contributed by atoms with Crippen molar-refractivity contribution in [1.29, 1.82) is 0 Å². The maximum absolute atomic E-state index is 11.5. The molecule has 0 radical (unpaired) electrons. The van der Waals surface area contributed by atoms with Crippen molar-refractivity contribution in [3.8, 4) is 0 Å². The SMILES string of the molecule is CCOC(=O)C=C(C)C(C)=C(C)CC(C)CCC=C(C)C. The van der Waals surface area contributed by atoms with Crippen LogP contribution in [-0.2, 0) is 9.53 Å². The topological polar surface area (TPSA) is 26.3 Å². The van der Waals surface area contributed by atoms with E-state index < -0.39 is 0 Å². The second-order valence-corrected chi connectivity index (χ2v) is 6.15. The van der Waals surface area contributed by atoms with Gasteiger partial charge in [-0.15, -0.1) is 0 Å². The van der Waals surface area contributed by atoms with E-state index in [0.29, 0.717) is 12.5 Å². The molecule has 120 valence electrons. The number of ether oxygens (including phenoxy) is 1. The lowest BCUT2D eigenvalue weighted by Crippen LogP contribution is -2.02. The molecule has 0 bridgehead atoms. The lowest BCUT2D eigenvalue weighted by Gasteiger charge is -2.14.